The smallest absolute Gasteiger partial charge is 0.157 e. The second kappa shape index (κ2) is 6.67. The molecular formula is C15H27N3OS. The van der Waals surface area contributed by atoms with Crippen LogP contribution in [-0.4, -0.2) is 60.2 Å². The Hall–Kier alpha value is -0.260. The number of morpholine rings is 1. The summed E-state index contributed by atoms with van der Waals surface area (Å²) in [5.41, 5.74) is 0.375. The number of thioether (sulfide) groups is 1. The van der Waals surface area contributed by atoms with E-state index in [1.54, 1.807) is 0 Å². The Morgan fingerprint density at radius 1 is 1.30 bits per heavy atom. The second-order valence-corrected chi connectivity index (χ2v) is 7.41. The number of aliphatic imine (C=N–C) groups is 1. The molecule has 1 spiro atoms. The Morgan fingerprint density at radius 2 is 2.05 bits per heavy atom. The molecule has 1 saturated carbocycles. The van der Waals surface area contributed by atoms with Crippen molar-refractivity contribution in [3.05, 3.63) is 0 Å². The fourth-order valence-electron chi connectivity index (χ4n) is 3.47. The third-order valence-corrected chi connectivity index (χ3v) is 5.81. The Morgan fingerprint density at radius 3 is 2.80 bits per heavy atom. The molecule has 2 saturated heterocycles. The highest BCUT2D eigenvalue weighted by Crippen LogP contribution is 2.36. The lowest BCUT2D eigenvalue weighted by atomic mass is 9.83. The minimum absolute atomic E-state index is 0.375. The van der Waals surface area contributed by atoms with Crippen molar-refractivity contribution in [3.63, 3.8) is 0 Å². The summed E-state index contributed by atoms with van der Waals surface area (Å²) in [6.07, 6.45) is 6.83. The molecular weight excluding hydrogens is 270 g/mol. The van der Waals surface area contributed by atoms with Crippen LogP contribution in [0.25, 0.3) is 0 Å². The predicted octanol–water partition coefficient (Wildman–Crippen LogP) is 2.10. The average molecular weight is 297 g/mol. The van der Waals surface area contributed by atoms with Crippen molar-refractivity contribution in [1.29, 1.82) is 0 Å². The van der Waals surface area contributed by atoms with E-state index >= 15 is 0 Å². The minimum atomic E-state index is 0.375. The SMILES string of the molecule is CC(CN1CCOCC1)N=C1NC2(CCCCC2)CS1. The van der Waals surface area contributed by atoms with Crippen LogP contribution in [0.3, 0.4) is 0 Å². The third-order valence-electron chi connectivity index (χ3n) is 4.63. The summed E-state index contributed by atoms with van der Waals surface area (Å²) >= 11 is 1.93. The maximum absolute atomic E-state index is 5.40. The number of hydrogen-bond donors (Lipinski definition) is 1. The summed E-state index contributed by atoms with van der Waals surface area (Å²) in [7, 11) is 0. The highest BCUT2D eigenvalue weighted by Gasteiger charge is 2.38. The zero-order valence-corrected chi connectivity index (χ0v) is 13.4. The molecule has 5 heteroatoms. The monoisotopic (exact) mass is 297 g/mol. The zero-order valence-electron chi connectivity index (χ0n) is 12.6. The molecule has 1 unspecified atom stereocenters. The number of amidine groups is 1. The van der Waals surface area contributed by atoms with Gasteiger partial charge in [-0.1, -0.05) is 31.0 Å². The van der Waals surface area contributed by atoms with E-state index in [0.29, 0.717) is 11.6 Å². The first-order valence-electron chi connectivity index (χ1n) is 8.05. The zero-order chi connectivity index (χ0) is 13.8. The quantitative estimate of drug-likeness (QED) is 0.865. The van der Waals surface area contributed by atoms with E-state index in [2.05, 4.69) is 17.1 Å². The Kier molecular flexibility index (Phi) is 4.89. The fraction of sp³-hybridized carbons (Fsp3) is 0.933. The molecule has 1 aliphatic carbocycles. The maximum atomic E-state index is 5.40. The Bertz CT molecular complexity index is 349. The maximum Gasteiger partial charge on any atom is 0.157 e. The number of hydrogen-bond acceptors (Lipinski definition) is 4. The van der Waals surface area contributed by atoms with E-state index in [1.807, 2.05) is 11.8 Å². The third kappa shape index (κ3) is 3.68. The lowest BCUT2D eigenvalue weighted by Crippen LogP contribution is -2.45. The Labute approximate surface area is 126 Å². The topological polar surface area (TPSA) is 36.9 Å². The highest BCUT2D eigenvalue weighted by molar-refractivity contribution is 8.14. The molecule has 20 heavy (non-hydrogen) atoms. The molecule has 0 bridgehead atoms. The average Bonchev–Trinajstić information content (AvgIpc) is 2.83. The lowest BCUT2D eigenvalue weighted by molar-refractivity contribution is 0.0361. The minimum Gasteiger partial charge on any atom is -0.379 e. The Balaban J connectivity index is 1.50. The molecule has 0 amide bonds. The summed E-state index contributed by atoms with van der Waals surface area (Å²) in [5.74, 6) is 1.22. The van der Waals surface area contributed by atoms with E-state index in [1.165, 1.54) is 43.0 Å². The molecule has 114 valence electrons. The van der Waals surface area contributed by atoms with Crippen molar-refractivity contribution >= 4 is 16.9 Å². The van der Waals surface area contributed by atoms with Gasteiger partial charge in [0.2, 0.25) is 0 Å². The standard InChI is InChI=1S/C15H27N3OS/c1-13(11-18-7-9-19-10-8-18)16-14-17-15(12-20-14)5-3-2-4-6-15/h13H,2-12H2,1H3,(H,16,17). The molecule has 4 nitrogen and oxygen atoms in total. The van der Waals surface area contributed by atoms with Gasteiger partial charge in [0.05, 0.1) is 19.3 Å². The van der Waals surface area contributed by atoms with Crippen molar-refractivity contribution in [3.8, 4) is 0 Å². The lowest BCUT2D eigenvalue weighted by Gasteiger charge is -2.33. The molecule has 0 aromatic heterocycles. The van der Waals surface area contributed by atoms with Gasteiger partial charge in [0.15, 0.2) is 5.17 Å². The van der Waals surface area contributed by atoms with Crippen LogP contribution in [0.1, 0.15) is 39.0 Å². The largest absolute Gasteiger partial charge is 0.379 e. The second-order valence-electron chi connectivity index (χ2n) is 6.45. The highest BCUT2D eigenvalue weighted by atomic mass is 32.2. The predicted molar refractivity (Wildman–Crippen MR) is 85.6 cm³/mol. The van der Waals surface area contributed by atoms with E-state index in [0.717, 1.165) is 32.8 Å². The molecule has 2 heterocycles. The first kappa shape index (κ1) is 14.7. The van der Waals surface area contributed by atoms with Crippen molar-refractivity contribution in [1.82, 2.24) is 10.2 Å². The van der Waals surface area contributed by atoms with Crippen LogP contribution in [0, 0.1) is 0 Å². The van der Waals surface area contributed by atoms with E-state index in [4.69, 9.17) is 9.73 Å². The van der Waals surface area contributed by atoms with Crippen molar-refractivity contribution in [2.45, 2.75) is 50.6 Å². The number of nitrogens with zero attached hydrogens (tertiary/aromatic N) is 2. The van der Waals surface area contributed by atoms with Gasteiger partial charge in [-0.05, 0) is 19.8 Å². The van der Waals surface area contributed by atoms with Crippen molar-refractivity contribution < 1.29 is 4.74 Å². The molecule has 3 aliphatic rings. The summed E-state index contributed by atoms with van der Waals surface area (Å²) < 4.78 is 5.40. The van der Waals surface area contributed by atoms with Gasteiger partial charge in [0.1, 0.15) is 0 Å². The van der Waals surface area contributed by atoms with Gasteiger partial charge in [-0.15, -0.1) is 0 Å². The van der Waals surface area contributed by atoms with E-state index < -0.39 is 0 Å². The van der Waals surface area contributed by atoms with Crippen molar-refractivity contribution in [2.24, 2.45) is 4.99 Å². The number of nitrogens with one attached hydrogen (secondary N) is 1. The number of rotatable bonds is 3. The molecule has 1 atom stereocenters. The molecule has 1 N–H and O–H groups in total. The first-order valence-corrected chi connectivity index (χ1v) is 9.03. The van der Waals surface area contributed by atoms with Gasteiger partial charge in [0, 0.05) is 30.9 Å². The number of ether oxygens (including phenoxy) is 1. The summed E-state index contributed by atoms with van der Waals surface area (Å²) in [4.78, 5) is 7.37. The first-order chi connectivity index (χ1) is 9.76. The van der Waals surface area contributed by atoms with Crippen LogP contribution in [-0.2, 0) is 4.74 Å². The summed E-state index contributed by atoms with van der Waals surface area (Å²) in [6, 6.07) is 0.377. The van der Waals surface area contributed by atoms with E-state index in [9.17, 15) is 0 Å². The molecule has 0 radical (unpaired) electrons. The van der Waals surface area contributed by atoms with E-state index in [-0.39, 0.29) is 0 Å². The van der Waals surface area contributed by atoms with Crippen LogP contribution in [0.5, 0.6) is 0 Å². The molecule has 3 rings (SSSR count). The molecule has 3 fully saturated rings. The van der Waals surface area contributed by atoms with Crippen LogP contribution in [0.4, 0.5) is 0 Å². The van der Waals surface area contributed by atoms with Gasteiger partial charge < -0.3 is 10.1 Å². The van der Waals surface area contributed by atoms with Crippen LogP contribution >= 0.6 is 11.8 Å². The van der Waals surface area contributed by atoms with Gasteiger partial charge in [-0.2, -0.15) is 0 Å². The van der Waals surface area contributed by atoms with Crippen LogP contribution in [0.15, 0.2) is 4.99 Å². The summed E-state index contributed by atoms with van der Waals surface area (Å²) in [5, 5.41) is 4.93. The summed E-state index contributed by atoms with van der Waals surface area (Å²) in [6.45, 7) is 7.15. The van der Waals surface area contributed by atoms with Gasteiger partial charge in [-0.3, -0.25) is 9.89 Å². The molecule has 0 aromatic carbocycles. The normalized spacial score (nSPS) is 30.6. The molecule has 0 aromatic rings. The fourth-order valence-corrected chi connectivity index (χ4v) is 4.79. The van der Waals surface area contributed by atoms with Gasteiger partial charge in [0.25, 0.3) is 0 Å². The van der Waals surface area contributed by atoms with Gasteiger partial charge in [-0.25, -0.2) is 0 Å². The van der Waals surface area contributed by atoms with Crippen LogP contribution in [0.2, 0.25) is 0 Å². The van der Waals surface area contributed by atoms with Crippen LogP contribution < -0.4 is 5.32 Å². The molecule has 2 aliphatic heterocycles. The van der Waals surface area contributed by atoms with Gasteiger partial charge >= 0.3 is 0 Å². The van der Waals surface area contributed by atoms with Crippen molar-refractivity contribution in [2.75, 3.05) is 38.6 Å².